The second-order valence-electron chi connectivity index (χ2n) is 5.28. The number of rotatable bonds is 3. The van der Waals surface area contributed by atoms with E-state index in [4.69, 9.17) is 0 Å². The van der Waals surface area contributed by atoms with Crippen molar-refractivity contribution in [3.05, 3.63) is 54.2 Å². The van der Waals surface area contributed by atoms with Crippen molar-refractivity contribution in [2.45, 2.75) is 26.2 Å². The van der Waals surface area contributed by atoms with Crippen LogP contribution in [-0.2, 0) is 13.5 Å². The minimum absolute atomic E-state index is 1.18. The largest absolute Gasteiger partial charge is 0.212 e. The number of pyridine rings is 1. The second kappa shape index (κ2) is 5.00. The van der Waals surface area contributed by atoms with Gasteiger partial charge in [-0.3, -0.25) is 0 Å². The molecule has 0 unspecified atom stereocenters. The summed E-state index contributed by atoms with van der Waals surface area (Å²) < 4.78 is 2.22. The second-order valence-corrected chi connectivity index (χ2v) is 5.28. The van der Waals surface area contributed by atoms with Crippen molar-refractivity contribution in [1.29, 1.82) is 0 Å². The Bertz CT molecular complexity index is 728. The van der Waals surface area contributed by atoms with E-state index < -0.39 is 0 Å². The maximum atomic E-state index is 2.37. The van der Waals surface area contributed by atoms with Gasteiger partial charge < -0.3 is 0 Å². The monoisotopic (exact) mass is 250 g/mol. The highest BCUT2D eigenvalue weighted by molar-refractivity contribution is 6.03. The van der Waals surface area contributed by atoms with Gasteiger partial charge in [0.15, 0.2) is 6.20 Å². The first-order valence-electron chi connectivity index (χ1n) is 7.09. The number of aromatic nitrogens is 1. The maximum Gasteiger partial charge on any atom is 0.212 e. The van der Waals surface area contributed by atoms with Crippen molar-refractivity contribution in [1.82, 2.24) is 0 Å². The molecule has 0 saturated heterocycles. The van der Waals surface area contributed by atoms with E-state index in [1.54, 1.807) is 0 Å². The number of hydrogen-bond acceptors (Lipinski definition) is 0. The molecule has 1 nitrogen and oxygen atoms in total. The topological polar surface area (TPSA) is 3.88 Å². The van der Waals surface area contributed by atoms with Crippen LogP contribution in [0.3, 0.4) is 0 Å². The lowest BCUT2D eigenvalue weighted by Gasteiger charge is -2.05. The summed E-state index contributed by atoms with van der Waals surface area (Å²) in [6, 6.07) is 15.5. The zero-order valence-electron chi connectivity index (χ0n) is 11.7. The van der Waals surface area contributed by atoms with Crippen LogP contribution in [0, 0.1) is 0 Å². The summed E-state index contributed by atoms with van der Waals surface area (Å²) in [6.07, 6.45) is 5.91. The van der Waals surface area contributed by atoms with Gasteiger partial charge in [0.2, 0.25) is 5.52 Å². The molecule has 0 spiro atoms. The van der Waals surface area contributed by atoms with E-state index in [0.717, 1.165) is 0 Å². The summed E-state index contributed by atoms with van der Waals surface area (Å²) in [5.74, 6) is 0. The fourth-order valence-corrected chi connectivity index (χ4v) is 2.78. The first kappa shape index (κ1) is 12.2. The normalized spacial score (nSPS) is 11.3. The van der Waals surface area contributed by atoms with Crippen LogP contribution in [0.1, 0.15) is 25.3 Å². The molecule has 96 valence electrons. The van der Waals surface area contributed by atoms with Crippen molar-refractivity contribution < 1.29 is 4.57 Å². The molecule has 0 atom stereocenters. The number of benzene rings is 2. The molecule has 2 aromatic carbocycles. The lowest BCUT2D eigenvalue weighted by Crippen LogP contribution is -2.28. The molecule has 0 radical (unpaired) electrons. The van der Waals surface area contributed by atoms with Gasteiger partial charge in [-0.2, -0.15) is 0 Å². The number of aryl methyl sites for hydroxylation is 2. The Balaban J connectivity index is 2.26. The average molecular weight is 250 g/mol. The molecule has 3 aromatic rings. The SMILES string of the molecule is CCCCc1ccc2c(c1)c1ccccc1c[n+]2C. The molecule has 0 aliphatic heterocycles. The van der Waals surface area contributed by atoms with Gasteiger partial charge in [0, 0.05) is 16.8 Å². The van der Waals surface area contributed by atoms with Crippen molar-refractivity contribution >= 4 is 21.7 Å². The van der Waals surface area contributed by atoms with Crippen LogP contribution in [0.2, 0.25) is 0 Å². The fourth-order valence-electron chi connectivity index (χ4n) is 2.78. The van der Waals surface area contributed by atoms with E-state index >= 15 is 0 Å². The maximum absolute atomic E-state index is 2.37. The van der Waals surface area contributed by atoms with Crippen molar-refractivity contribution in [3.63, 3.8) is 0 Å². The summed E-state index contributed by atoms with van der Waals surface area (Å²) in [4.78, 5) is 0. The number of hydrogen-bond donors (Lipinski definition) is 0. The first-order chi connectivity index (χ1) is 9.29. The van der Waals surface area contributed by atoms with E-state index in [0.29, 0.717) is 0 Å². The molecule has 1 heterocycles. The smallest absolute Gasteiger partial charge is 0.200 e. The Hall–Kier alpha value is -1.89. The third-order valence-corrected chi connectivity index (χ3v) is 3.84. The third kappa shape index (κ3) is 2.21. The van der Waals surface area contributed by atoms with E-state index in [9.17, 15) is 0 Å². The van der Waals surface area contributed by atoms with Gasteiger partial charge >= 0.3 is 0 Å². The molecule has 0 aliphatic rings. The van der Waals surface area contributed by atoms with Crippen LogP contribution in [0.4, 0.5) is 0 Å². The van der Waals surface area contributed by atoms with E-state index in [1.165, 1.54) is 46.5 Å². The summed E-state index contributed by atoms with van der Waals surface area (Å²) in [7, 11) is 2.13. The molecule has 0 saturated carbocycles. The van der Waals surface area contributed by atoms with Crippen LogP contribution in [-0.4, -0.2) is 0 Å². The Morgan fingerprint density at radius 3 is 2.68 bits per heavy atom. The molecule has 1 aromatic heterocycles. The van der Waals surface area contributed by atoms with Gasteiger partial charge in [-0.05, 0) is 30.5 Å². The Morgan fingerprint density at radius 2 is 1.84 bits per heavy atom. The standard InChI is InChI=1S/C18H20N/c1-3-4-7-14-10-11-18-17(12-14)16-9-6-5-8-15(16)13-19(18)2/h5-6,8-13H,3-4,7H2,1-2H3/q+1. The fraction of sp³-hybridized carbons (Fsp3) is 0.278. The van der Waals surface area contributed by atoms with Crippen molar-refractivity contribution in [3.8, 4) is 0 Å². The van der Waals surface area contributed by atoms with Crippen LogP contribution in [0.5, 0.6) is 0 Å². The average Bonchev–Trinajstić information content (AvgIpc) is 2.45. The molecule has 1 heteroatoms. The molecular weight excluding hydrogens is 230 g/mol. The van der Waals surface area contributed by atoms with Gasteiger partial charge in [0.25, 0.3) is 0 Å². The summed E-state index contributed by atoms with van der Waals surface area (Å²) in [5.41, 5.74) is 2.75. The minimum Gasteiger partial charge on any atom is -0.200 e. The highest BCUT2D eigenvalue weighted by Crippen LogP contribution is 2.23. The van der Waals surface area contributed by atoms with Gasteiger partial charge in [-0.25, -0.2) is 4.57 Å². The van der Waals surface area contributed by atoms with Gasteiger partial charge in [-0.1, -0.05) is 37.6 Å². The van der Waals surface area contributed by atoms with E-state index in [2.05, 4.69) is 67.2 Å². The van der Waals surface area contributed by atoms with Gasteiger partial charge in [0.05, 0.1) is 5.39 Å². The Kier molecular flexibility index (Phi) is 3.20. The van der Waals surface area contributed by atoms with E-state index in [-0.39, 0.29) is 0 Å². The van der Waals surface area contributed by atoms with Crippen LogP contribution >= 0.6 is 0 Å². The highest BCUT2D eigenvalue weighted by Gasteiger charge is 2.10. The molecule has 0 aliphatic carbocycles. The van der Waals surface area contributed by atoms with Gasteiger partial charge in [0.1, 0.15) is 7.05 Å². The molecule has 0 bridgehead atoms. The zero-order valence-corrected chi connectivity index (χ0v) is 11.7. The molecule has 0 N–H and O–H groups in total. The molecule has 3 rings (SSSR count). The third-order valence-electron chi connectivity index (χ3n) is 3.84. The lowest BCUT2D eigenvalue weighted by atomic mass is 10.0. The van der Waals surface area contributed by atoms with Crippen LogP contribution in [0.25, 0.3) is 21.7 Å². The number of unbranched alkanes of at least 4 members (excludes halogenated alkanes) is 1. The van der Waals surface area contributed by atoms with Crippen LogP contribution < -0.4 is 4.57 Å². The molecule has 19 heavy (non-hydrogen) atoms. The quantitative estimate of drug-likeness (QED) is 0.485. The predicted molar refractivity (Wildman–Crippen MR) is 81.2 cm³/mol. The number of nitrogens with zero attached hydrogens (tertiary/aromatic N) is 1. The minimum atomic E-state index is 1.18. The van der Waals surface area contributed by atoms with E-state index in [1.807, 2.05) is 0 Å². The first-order valence-corrected chi connectivity index (χ1v) is 7.09. The Morgan fingerprint density at radius 1 is 1.00 bits per heavy atom. The molecule has 0 fully saturated rings. The lowest BCUT2D eigenvalue weighted by molar-refractivity contribution is -0.643. The zero-order chi connectivity index (χ0) is 13.2. The van der Waals surface area contributed by atoms with Crippen molar-refractivity contribution in [2.24, 2.45) is 7.05 Å². The number of fused-ring (bicyclic) bond motifs is 3. The summed E-state index contributed by atoms with van der Waals surface area (Å²) in [6.45, 7) is 2.25. The molecular formula is C18H20N+. The molecule has 0 amide bonds. The summed E-state index contributed by atoms with van der Waals surface area (Å²) in [5, 5.41) is 4.04. The van der Waals surface area contributed by atoms with Gasteiger partial charge in [-0.15, -0.1) is 0 Å². The van der Waals surface area contributed by atoms with Crippen LogP contribution in [0.15, 0.2) is 48.7 Å². The summed E-state index contributed by atoms with van der Waals surface area (Å²) >= 11 is 0. The Labute approximate surface area is 114 Å². The highest BCUT2D eigenvalue weighted by atomic mass is 14.9. The van der Waals surface area contributed by atoms with Crippen molar-refractivity contribution in [2.75, 3.05) is 0 Å². The predicted octanol–water partition coefficient (Wildman–Crippen LogP) is 4.16.